The van der Waals surface area contributed by atoms with Crippen molar-refractivity contribution in [2.75, 3.05) is 13.7 Å². The molecule has 0 radical (unpaired) electrons. The largest absolute Gasteiger partial charge is 0.496 e. The van der Waals surface area contributed by atoms with Crippen LogP contribution in [0.2, 0.25) is 0 Å². The summed E-state index contributed by atoms with van der Waals surface area (Å²) >= 11 is 5.58. The molecule has 0 aliphatic rings. The monoisotopic (exact) mass is 398 g/mol. The van der Waals surface area contributed by atoms with Gasteiger partial charge in [-0.1, -0.05) is 15.9 Å². The van der Waals surface area contributed by atoms with Gasteiger partial charge in [-0.05, 0) is 47.2 Å². The topological polar surface area (TPSA) is 35.5 Å². The lowest BCUT2D eigenvalue weighted by molar-refractivity contribution is -0.142. The Balaban J connectivity index is 2.89. The molecule has 0 unspecified atom stereocenters. The molecule has 0 bridgehead atoms. The van der Waals surface area contributed by atoms with Gasteiger partial charge in [0, 0.05) is 4.47 Å². The number of ether oxygens (including phenoxy) is 2. The number of esters is 1. The Morgan fingerprint density at radius 3 is 2.75 bits per heavy atom. The molecule has 0 aliphatic carbocycles. The quantitative estimate of drug-likeness (QED) is 0.577. The fourth-order valence-electron chi connectivity index (χ4n) is 1.23. The summed E-state index contributed by atoms with van der Waals surface area (Å²) in [7, 11) is 1.62. The Kier molecular flexibility index (Phi) is 5.54. The van der Waals surface area contributed by atoms with Crippen LogP contribution in [0.4, 0.5) is 0 Å². The van der Waals surface area contributed by atoms with E-state index in [0.29, 0.717) is 6.61 Å². The fraction of sp³-hybridized carbons (Fsp3) is 0.364. The summed E-state index contributed by atoms with van der Waals surface area (Å²) in [6, 6.07) is 3.77. The highest BCUT2D eigenvalue weighted by molar-refractivity contribution is 14.1. The first-order valence-corrected chi connectivity index (χ1v) is 6.63. The normalized spacial score (nSPS) is 10.0. The second-order valence-electron chi connectivity index (χ2n) is 3.06. The number of carbonyl (C=O) groups excluding carboxylic acids is 1. The average Bonchev–Trinajstić information content (AvgIpc) is 2.23. The molecular formula is C11H12BrIO3. The van der Waals surface area contributed by atoms with E-state index in [4.69, 9.17) is 9.47 Å². The summed E-state index contributed by atoms with van der Waals surface area (Å²) in [4.78, 5) is 11.4. The molecule has 0 amide bonds. The summed E-state index contributed by atoms with van der Waals surface area (Å²) in [5.74, 6) is 0.573. The van der Waals surface area contributed by atoms with E-state index in [1.807, 2.05) is 12.1 Å². The van der Waals surface area contributed by atoms with Crippen LogP contribution in [0.25, 0.3) is 0 Å². The van der Waals surface area contributed by atoms with Crippen molar-refractivity contribution in [3.8, 4) is 5.75 Å². The maximum atomic E-state index is 11.4. The van der Waals surface area contributed by atoms with Crippen molar-refractivity contribution in [2.24, 2.45) is 0 Å². The standard InChI is InChI=1S/C11H12BrIO3/c1-3-16-11(14)5-7-4-9(13)10(15-2)6-8(7)12/h4,6H,3,5H2,1-2H3. The van der Waals surface area contributed by atoms with Crippen molar-refractivity contribution >= 4 is 44.5 Å². The third-order valence-electron chi connectivity index (χ3n) is 1.96. The third kappa shape index (κ3) is 3.62. The second kappa shape index (κ2) is 6.44. The van der Waals surface area contributed by atoms with Gasteiger partial charge in [0.15, 0.2) is 0 Å². The van der Waals surface area contributed by atoms with Crippen LogP contribution in [-0.2, 0) is 16.0 Å². The first-order valence-electron chi connectivity index (χ1n) is 4.76. The van der Waals surface area contributed by atoms with E-state index in [1.165, 1.54) is 0 Å². The van der Waals surface area contributed by atoms with Crippen LogP contribution in [0.5, 0.6) is 5.75 Å². The Morgan fingerprint density at radius 2 is 2.19 bits per heavy atom. The lowest BCUT2D eigenvalue weighted by Gasteiger charge is -2.09. The van der Waals surface area contributed by atoms with E-state index in [2.05, 4.69) is 38.5 Å². The van der Waals surface area contributed by atoms with Gasteiger partial charge in [0.05, 0.1) is 23.7 Å². The highest BCUT2D eigenvalue weighted by Crippen LogP contribution is 2.29. The molecule has 0 aliphatic heterocycles. The zero-order chi connectivity index (χ0) is 12.1. The lowest BCUT2D eigenvalue weighted by atomic mass is 10.1. The molecule has 0 atom stereocenters. The van der Waals surface area contributed by atoms with Crippen molar-refractivity contribution in [1.82, 2.24) is 0 Å². The van der Waals surface area contributed by atoms with E-state index >= 15 is 0 Å². The van der Waals surface area contributed by atoms with Gasteiger partial charge < -0.3 is 9.47 Å². The number of benzene rings is 1. The van der Waals surface area contributed by atoms with Crippen LogP contribution in [0.15, 0.2) is 16.6 Å². The van der Waals surface area contributed by atoms with Gasteiger partial charge in [-0.15, -0.1) is 0 Å². The molecule has 0 heterocycles. The van der Waals surface area contributed by atoms with Gasteiger partial charge in [-0.3, -0.25) is 4.79 Å². The third-order valence-corrected chi connectivity index (χ3v) is 3.54. The predicted octanol–water partition coefficient (Wildman–Crippen LogP) is 3.17. The maximum Gasteiger partial charge on any atom is 0.310 e. The minimum Gasteiger partial charge on any atom is -0.496 e. The molecule has 0 saturated heterocycles. The smallest absolute Gasteiger partial charge is 0.310 e. The van der Waals surface area contributed by atoms with E-state index in [0.717, 1.165) is 19.4 Å². The molecule has 3 nitrogen and oxygen atoms in total. The highest BCUT2D eigenvalue weighted by atomic mass is 127. The molecule has 1 aromatic rings. The molecule has 0 N–H and O–H groups in total. The molecule has 16 heavy (non-hydrogen) atoms. The zero-order valence-electron chi connectivity index (χ0n) is 9.05. The molecule has 0 spiro atoms. The van der Waals surface area contributed by atoms with Crippen LogP contribution >= 0.6 is 38.5 Å². The van der Waals surface area contributed by atoms with Gasteiger partial charge in [0.1, 0.15) is 5.75 Å². The number of hydrogen-bond donors (Lipinski definition) is 0. The number of rotatable bonds is 4. The summed E-state index contributed by atoms with van der Waals surface area (Å²) in [6.45, 7) is 2.20. The van der Waals surface area contributed by atoms with Gasteiger partial charge in [0.25, 0.3) is 0 Å². The lowest BCUT2D eigenvalue weighted by Crippen LogP contribution is -2.08. The van der Waals surface area contributed by atoms with Crippen molar-refractivity contribution in [3.63, 3.8) is 0 Å². The van der Waals surface area contributed by atoms with Gasteiger partial charge >= 0.3 is 5.97 Å². The summed E-state index contributed by atoms with van der Waals surface area (Å²) < 4.78 is 11.9. The Hall–Kier alpha value is -0.300. The van der Waals surface area contributed by atoms with Crippen LogP contribution in [0.1, 0.15) is 12.5 Å². The molecule has 0 aromatic heterocycles. The molecule has 1 rings (SSSR count). The average molecular weight is 399 g/mol. The zero-order valence-corrected chi connectivity index (χ0v) is 12.8. The molecule has 0 fully saturated rings. The van der Waals surface area contributed by atoms with Crippen LogP contribution in [-0.4, -0.2) is 19.7 Å². The van der Waals surface area contributed by atoms with Gasteiger partial charge in [-0.2, -0.15) is 0 Å². The summed E-state index contributed by atoms with van der Waals surface area (Å²) in [5, 5.41) is 0. The van der Waals surface area contributed by atoms with Gasteiger partial charge in [0.2, 0.25) is 0 Å². The van der Waals surface area contributed by atoms with Crippen molar-refractivity contribution < 1.29 is 14.3 Å². The first kappa shape index (κ1) is 13.8. The van der Waals surface area contributed by atoms with E-state index in [-0.39, 0.29) is 12.4 Å². The molecule has 1 aromatic carbocycles. The Morgan fingerprint density at radius 1 is 1.50 bits per heavy atom. The van der Waals surface area contributed by atoms with Crippen molar-refractivity contribution in [2.45, 2.75) is 13.3 Å². The van der Waals surface area contributed by atoms with Crippen LogP contribution < -0.4 is 4.74 Å². The minimum absolute atomic E-state index is 0.218. The van der Waals surface area contributed by atoms with E-state index < -0.39 is 0 Å². The highest BCUT2D eigenvalue weighted by Gasteiger charge is 2.11. The SMILES string of the molecule is CCOC(=O)Cc1cc(I)c(OC)cc1Br. The Labute approximate surface area is 117 Å². The second-order valence-corrected chi connectivity index (χ2v) is 5.08. The minimum atomic E-state index is -0.218. The first-order chi connectivity index (χ1) is 7.58. The molecule has 88 valence electrons. The molecular weight excluding hydrogens is 387 g/mol. The number of hydrogen-bond acceptors (Lipinski definition) is 3. The van der Waals surface area contributed by atoms with Crippen molar-refractivity contribution in [1.29, 1.82) is 0 Å². The van der Waals surface area contributed by atoms with Crippen LogP contribution in [0.3, 0.4) is 0 Å². The predicted molar refractivity (Wildman–Crippen MR) is 73.7 cm³/mol. The number of carbonyl (C=O) groups is 1. The molecule has 5 heteroatoms. The Bertz CT molecular complexity index is 393. The fourth-order valence-corrected chi connectivity index (χ4v) is 2.44. The van der Waals surface area contributed by atoms with Gasteiger partial charge in [-0.25, -0.2) is 0 Å². The number of halogens is 2. The summed E-state index contributed by atoms with van der Waals surface area (Å²) in [6.07, 6.45) is 0.272. The van der Waals surface area contributed by atoms with E-state index in [9.17, 15) is 4.79 Å². The van der Waals surface area contributed by atoms with E-state index in [1.54, 1.807) is 14.0 Å². The molecule has 0 saturated carbocycles. The maximum absolute atomic E-state index is 11.4. The summed E-state index contributed by atoms with van der Waals surface area (Å²) in [5.41, 5.74) is 0.906. The number of methoxy groups -OCH3 is 1. The van der Waals surface area contributed by atoms with Crippen LogP contribution in [0, 0.1) is 3.57 Å². The van der Waals surface area contributed by atoms with Crippen molar-refractivity contribution in [3.05, 3.63) is 25.7 Å².